The van der Waals surface area contributed by atoms with E-state index in [0.717, 1.165) is 13.0 Å². The first kappa shape index (κ1) is 19.8. The van der Waals surface area contributed by atoms with Gasteiger partial charge in [-0.15, -0.1) is 0 Å². The minimum Gasteiger partial charge on any atom is -0.481 e. The average Bonchev–Trinajstić information content (AvgIpc) is 2.58. The predicted molar refractivity (Wildman–Crippen MR) is 91.4 cm³/mol. The Balaban J connectivity index is 2.69. The van der Waals surface area contributed by atoms with Gasteiger partial charge in [0, 0.05) is 30.7 Å². The lowest BCUT2D eigenvalue weighted by atomic mass is 9.75. The fourth-order valence-corrected chi connectivity index (χ4v) is 2.98. The summed E-state index contributed by atoms with van der Waals surface area (Å²) in [6, 6.07) is 5.11. The van der Waals surface area contributed by atoms with Crippen LogP contribution < -0.4 is 0 Å². The van der Waals surface area contributed by atoms with Gasteiger partial charge in [-0.3, -0.25) is 24.7 Å². The zero-order chi connectivity index (χ0) is 20.3. The van der Waals surface area contributed by atoms with Gasteiger partial charge in [0.25, 0.3) is 5.69 Å². The van der Waals surface area contributed by atoms with Gasteiger partial charge in [0.05, 0.1) is 16.2 Å². The molecule has 0 saturated carbocycles. The summed E-state index contributed by atoms with van der Waals surface area (Å²) in [6.45, 7) is 2.10. The van der Waals surface area contributed by atoms with Gasteiger partial charge in [0.1, 0.15) is 12.5 Å². The molecule has 0 amide bonds. The maximum atomic E-state index is 11.9. The maximum absolute atomic E-state index is 11.9. The lowest BCUT2D eigenvalue weighted by Crippen LogP contribution is -2.35. The topological polar surface area (TPSA) is 156 Å². The Bertz CT molecular complexity index is 887. The zero-order valence-electron chi connectivity index (χ0n) is 14.4. The summed E-state index contributed by atoms with van der Waals surface area (Å²) in [5.41, 5.74) is -0.545. The molecule has 2 N–H and O–H groups in total. The van der Waals surface area contributed by atoms with E-state index in [-0.39, 0.29) is 28.2 Å². The molecule has 10 nitrogen and oxygen atoms in total. The third-order valence-corrected chi connectivity index (χ3v) is 4.07. The summed E-state index contributed by atoms with van der Waals surface area (Å²) in [5.74, 6) is -6.00. The van der Waals surface area contributed by atoms with Gasteiger partial charge in [-0.25, -0.2) is 4.79 Å². The normalized spacial score (nSPS) is 19.3. The minimum atomic E-state index is -1.45. The second-order valence-corrected chi connectivity index (χ2v) is 5.84. The summed E-state index contributed by atoms with van der Waals surface area (Å²) in [4.78, 5) is 49.2. The minimum absolute atomic E-state index is 0.103. The molecule has 0 aromatic heterocycles. The van der Waals surface area contributed by atoms with E-state index in [4.69, 9.17) is 4.74 Å². The van der Waals surface area contributed by atoms with E-state index < -0.39 is 41.3 Å². The number of aliphatic carboxylic acids is 2. The summed E-state index contributed by atoms with van der Waals surface area (Å²) < 4.78 is 4.83. The molecule has 1 aliphatic heterocycles. The highest BCUT2D eigenvalue weighted by molar-refractivity contribution is 6.06. The molecule has 10 heteroatoms. The van der Waals surface area contributed by atoms with Crippen molar-refractivity contribution in [1.29, 1.82) is 0 Å². The van der Waals surface area contributed by atoms with Crippen LogP contribution in [0.5, 0.6) is 0 Å². The standard InChI is InChI=1S/C17H16N2O8/c1-8-13(16(21)22)14(10-4-3-5-11(6-10)19(25)26)15(17(23)24)12(18-8)7-27-9(2)20/h3-6,13-14H,7H2,1-2H3,(H,21,22)(H,23,24). The number of non-ortho nitro benzene ring substituents is 1. The van der Waals surface area contributed by atoms with Crippen LogP contribution in [0, 0.1) is 16.0 Å². The fraction of sp³-hybridized carbons (Fsp3) is 0.294. The first-order chi connectivity index (χ1) is 12.6. The third kappa shape index (κ3) is 4.17. The van der Waals surface area contributed by atoms with E-state index in [1.54, 1.807) is 0 Å². The monoisotopic (exact) mass is 376 g/mol. The van der Waals surface area contributed by atoms with Gasteiger partial charge < -0.3 is 14.9 Å². The van der Waals surface area contributed by atoms with Gasteiger partial charge in [-0.2, -0.15) is 0 Å². The fourth-order valence-electron chi connectivity index (χ4n) is 2.98. The smallest absolute Gasteiger partial charge is 0.334 e. The van der Waals surface area contributed by atoms with Crippen LogP contribution in [0.15, 0.2) is 40.5 Å². The Morgan fingerprint density at radius 2 is 1.96 bits per heavy atom. The average molecular weight is 376 g/mol. The van der Waals surface area contributed by atoms with E-state index in [9.17, 15) is 34.7 Å². The summed E-state index contributed by atoms with van der Waals surface area (Å²) in [7, 11) is 0. The molecular weight excluding hydrogens is 360 g/mol. The molecule has 0 spiro atoms. The number of benzene rings is 1. The van der Waals surface area contributed by atoms with E-state index in [0.29, 0.717) is 0 Å². The summed E-state index contributed by atoms with van der Waals surface area (Å²) in [6.07, 6.45) is 0. The Morgan fingerprint density at radius 3 is 2.48 bits per heavy atom. The number of carboxylic acids is 2. The van der Waals surface area contributed by atoms with Crippen LogP contribution in [0.25, 0.3) is 0 Å². The van der Waals surface area contributed by atoms with Crippen LogP contribution in [-0.2, 0) is 19.1 Å². The van der Waals surface area contributed by atoms with Gasteiger partial charge >= 0.3 is 17.9 Å². The van der Waals surface area contributed by atoms with Crippen LogP contribution in [0.4, 0.5) is 5.69 Å². The van der Waals surface area contributed by atoms with Crippen LogP contribution >= 0.6 is 0 Å². The molecule has 0 radical (unpaired) electrons. The molecule has 1 aromatic carbocycles. The molecule has 27 heavy (non-hydrogen) atoms. The van der Waals surface area contributed by atoms with E-state index in [1.807, 2.05) is 0 Å². The number of ether oxygens (including phenoxy) is 1. The highest BCUT2D eigenvalue weighted by Gasteiger charge is 2.42. The molecule has 0 aliphatic carbocycles. The van der Waals surface area contributed by atoms with Crippen LogP contribution in [0.1, 0.15) is 25.3 Å². The SMILES string of the molecule is CC(=O)OCC1=C(C(=O)O)C(c2cccc([N+](=O)[O-])c2)C(C(=O)O)C(C)=N1. The van der Waals surface area contributed by atoms with Gasteiger partial charge in [0.2, 0.25) is 0 Å². The molecule has 0 fully saturated rings. The second kappa shape index (κ2) is 7.77. The Labute approximate surface area is 152 Å². The number of nitrogens with zero attached hydrogens (tertiary/aromatic N) is 2. The van der Waals surface area contributed by atoms with Crippen molar-refractivity contribution in [3.8, 4) is 0 Å². The van der Waals surface area contributed by atoms with Crippen molar-refractivity contribution in [2.45, 2.75) is 19.8 Å². The number of carbonyl (C=O) groups excluding carboxylic acids is 1. The molecule has 1 aromatic rings. The Kier molecular flexibility index (Phi) is 5.69. The first-order valence-corrected chi connectivity index (χ1v) is 7.75. The van der Waals surface area contributed by atoms with E-state index in [1.165, 1.54) is 25.1 Å². The number of hydrogen-bond acceptors (Lipinski definition) is 7. The van der Waals surface area contributed by atoms with Crippen molar-refractivity contribution in [2.24, 2.45) is 10.9 Å². The number of carboxylic acid groups (broad SMARTS) is 2. The van der Waals surface area contributed by atoms with Crippen molar-refractivity contribution < 1.29 is 34.3 Å². The Hall–Kier alpha value is -3.56. The van der Waals surface area contributed by atoms with Gasteiger partial charge in [-0.05, 0) is 12.5 Å². The zero-order valence-corrected chi connectivity index (χ0v) is 14.4. The highest BCUT2D eigenvalue weighted by atomic mass is 16.6. The lowest BCUT2D eigenvalue weighted by molar-refractivity contribution is -0.384. The van der Waals surface area contributed by atoms with Crippen LogP contribution in [0.2, 0.25) is 0 Å². The number of rotatable bonds is 6. The second-order valence-electron chi connectivity index (χ2n) is 5.84. The summed E-state index contributed by atoms with van der Waals surface area (Å²) in [5, 5.41) is 30.3. The molecule has 1 heterocycles. The molecule has 0 saturated heterocycles. The number of hydrogen-bond donors (Lipinski definition) is 2. The number of carbonyl (C=O) groups is 3. The molecule has 0 bridgehead atoms. The Morgan fingerprint density at radius 1 is 1.30 bits per heavy atom. The van der Waals surface area contributed by atoms with Gasteiger partial charge in [-0.1, -0.05) is 12.1 Å². The van der Waals surface area contributed by atoms with Gasteiger partial charge in [0.15, 0.2) is 0 Å². The quantitative estimate of drug-likeness (QED) is 0.432. The number of esters is 1. The molecule has 2 atom stereocenters. The van der Waals surface area contributed by atoms with E-state index in [2.05, 4.69) is 4.99 Å². The predicted octanol–water partition coefficient (Wildman–Crippen LogP) is 1.76. The molecule has 142 valence electrons. The summed E-state index contributed by atoms with van der Waals surface area (Å²) >= 11 is 0. The number of nitro benzene ring substituents is 1. The highest BCUT2D eigenvalue weighted by Crippen LogP contribution is 2.40. The lowest BCUT2D eigenvalue weighted by Gasteiger charge is -2.30. The van der Waals surface area contributed by atoms with Crippen molar-refractivity contribution >= 4 is 29.3 Å². The largest absolute Gasteiger partial charge is 0.481 e. The molecule has 2 rings (SSSR count). The van der Waals surface area contributed by atoms with Crippen LogP contribution in [0.3, 0.4) is 0 Å². The first-order valence-electron chi connectivity index (χ1n) is 7.75. The van der Waals surface area contributed by atoms with Crippen molar-refractivity contribution in [2.75, 3.05) is 6.61 Å². The number of nitro groups is 1. The third-order valence-electron chi connectivity index (χ3n) is 4.07. The maximum Gasteiger partial charge on any atom is 0.334 e. The van der Waals surface area contributed by atoms with Crippen molar-refractivity contribution in [3.05, 3.63) is 51.2 Å². The molecular formula is C17H16N2O8. The van der Waals surface area contributed by atoms with Crippen LogP contribution in [-0.4, -0.2) is 45.4 Å². The number of aliphatic imine (C=N–C) groups is 1. The van der Waals surface area contributed by atoms with Crippen molar-refractivity contribution in [1.82, 2.24) is 0 Å². The van der Waals surface area contributed by atoms with Crippen molar-refractivity contribution in [3.63, 3.8) is 0 Å². The van der Waals surface area contributed by atoms with E-state index >= 15 is 0 Å². The molecule has 2 unspecified atom stereocenters. The molecule has 1 aliphatic rings.